The van der Waals surface area contributed by atoms with Crippen LogP contribution in [0.5, 0.6) is 0 Å². The van der Waals surface area contributed by atoms with E-state index in [0.717, 1.165) is 0 Å². The third-order valence-electron chi connectivity index (χ3n) is 3.71. The van der Waals surface area contributed by atoms with Gasteiger partial charge in [-0.25, -0.2) is 4.79 Å². The maximum Gasteiger partial charge on any atom is 0.344 e. The van der Waals surface area contributed by atoms with Gasteiger partial charge in [-0.15, -0.1) is 0 Å². The van der Waals surface area contributed by atoms with Gasteiger partial charge in [-0.1, -0.05) is 35.0 Å². The number of hydrogen-bond donors (Lipinski definition) is 0. The first kappa shape index (κ1) is 17.6. The van der Waals surface area contributed by atoms with Crippen molar-refractivity contribution in [3.8, 4) is 11.3 Å². The SMILES string of the molecule is Cc1onc(-c2ccccc2Cl)c1C(=O)OCc1ccc([N+](=O)[O-])cc1. The first-order chi connectivity index (χ1) is 12.5. The smallest absolute Gasteiger partial charge is 0.344 e. The highest BCUT2D eigenvalue weighted by Gasteiger charge is 2.24. The van der Waals surface area contributed by atoms with Crippen LogP contribution in [0.4, 0.5) is 5.69 Å². The highest BCUT2D eigenvalue weighted by Crippen LogP contribution is 2.31. The summed E-state index contributed by atoms with van der Waals surface area (Å²) in [7, 11) is 0. The lowest BCUT2D eigenvalue weighted by atomic mass is 10.1. The molecule has 0 amide bonds. The lowest BCUT2D eigenvalue weighted by molar-refractivity contribution is -0.384. The summed E-state index contributed by atoms with van der Waals surface area (Å²) in [6.45, 7) is 1.57. The van der Waals surface area contributed by atoms with Gasteiger partial charge in [0.1, 0.15) is 23.6 Å². The number of esters is 1. The summed E-state index contributed by atoms with van der Waals surface area (Å²) < 4.78 is 10.4. The number of carbonyl (C=O) groups is 1. The second-order valence-corrected chi connectivity index (χ2v) is 5.85. The van der Waals surface area contributed by atoms with Crippen LogP contribution in [0.1, 0.15) is 21.7 Å². The molecule has 7 nitrogen and oxygen atoms in total. The van der Waals surface area contributed by atoms with Crippen molar-refractivity contribution >= 4 is 23.3 Å². The molecule has 2 aromatic carbocycles. The predicted molar refractivity (Wildman–Crippen MR) is 93.9 cm³/mol. The molecule has 0 unspecified atom stereocenters. The molecule has 0 saturated heterocycles. The second kappa shape index (κ2) is 7.37. The average molecular weight is 373 g/mol. The third-order valence-corrected chi connectivity index (χ3v) is 4.04. The van der Waals surface area contributed by atoms with Crippen LogP contribution in [0.25, 0.3) is 11.3 Å². The van der Waals surface area contributed by atoms with Crippen LogP contribution < -0.4 is 0 Å². The Bertz CT molecular complexity index is 966. The fourth-order valence-corrected chi connectivity index (χ4v) is 2.61. The monoisotopic (exact) mass is 372 g/mol. The lowest BCUT2D eigenvalue weighted by Crippen LogP contribution is -2.07. The van der Waals surface area contributed by atoms with Crippen LogP contribution in [0.3, 0.4) is 0 Å². The zero-order chi connectivity index (χ0) is 18.7. The standard InChI is InChI=1S/C18H13ClN2O5/c1-11-16(17(20-26-11)14-4-2-3-5-15(14)19)18(22)25-10-12-6-8-13(9-7-12)21(23)24/h2-9H,10H2,1H3. The van der Waals surface area contributed by atoms with Crippen molar-refractivity contribution in [3.63, 3.8) is 0 Å². The third kappa shape index (κ3) is 3.57. The van der Waals surface area contributed by atoms with E-state index in [-0.39, 0.29) is 17.9 Å². The first-order valence-corrected chi connectivity index (χ1v) is 7.97. The molecule has 0 atom stereocenters. The van der Waals surface area contributed by atoms with E-state index in [0.29, 0.717) is 27.6 Å². The number of hydrogen-bond acceptors (Lipinski definition) is 6. The maximum atomic E-state index is 12.5. The molecule has 0 saturated carbocycles. The quantitative estimate of drug-likeness (QED) is 0.370. The zero-order valence-electron chi connectivity index (χ0n) is 13.6. The highest BCUT2D eigenvalue weighted by atomic mass is 35.5. The van der Waals surface area contributed by atoms with Gasteiger partial charge in [0.05, 0.1) is 9.95 Å². The number of carbonyl (C=O) groups excluding carboxylic acids is 1. The molecule has 0 spiro atoms. The van der Waals surface area contributed by atoms with Crippen molar-refractivity contribution in [2.24, 2.45) is 0 Å². The molecule has 0 fully saturated rings. The fraction of sp³-hybridized carbons (Fsp3) is 0.111. The van der Waals surface area contributed by atoms with Gasteiger partial charge in [0.25, 0.3) is 5.69 Å². The minimum Gasteiger partial charge on any atom is -0.457 e. The number of rotatable bonds is 5. The van der Waals surface area contributed by atoms with E-state index in [1.54, 1.807) is 31.2 Å². The molecule has 8 heteroatoms. The van der Waals surface area contributed by atoms with E-state index in [4.69, 9.17) is 20.9 Å². The molecule has 3 aromatic rings. The summed E-state index contributed by atoms with van der Waals surface area (Å²) in [4.78, 5) is 22.7. The van der Waals surface area contributed by atoms with Crippen LogP contribution in [0, 0.1) is 17.0 Å². The predicted octanol–water partition coefficient (Wildman–Crippen LogP) is 4.57. The van der Waals surface area contributed by atoms with Gasteiger partial charge in [0, 0.05) is 17.7 Å². The molecule has 1 heterocycles. The Hall–Kier alpha value is -3.19. The minimum absolute atomic E-state index is 0.0315. The molecule has 0 aliphatic carbocycles. The average Bonchev–Trinajstić information content (AvgIpc) is 3.02. The Morgan fingerprint density at radius 2 is 1.92 bits per heavy atom. The molecule has 0 aliphatic rings. The molecule has 26 heavy (non-hydrogen) atoms. The maximum absolute atomic E-state index is 12.5. The number of nitro groups is 1. The molecule has 0 aliphatic heterocycles. The van der Waals surface area contributed by atoms with Crippen LogP contribution in [-0.2, 0) is 11.3 Å². The van der Waals surface area contributed by atoms with Crippen molar-refractivity contribution in [1.82, 2.24) is 5.16 Å². The summed E-state index contributed by atoms with van der Waals surface area (Å²) in [6, 6.07) is 12.7. The van der Waals surface area contributed by atoms with Crippen molar-refractivity contribution in [1.29, 1.82) is 0 Å². The number of non-ortho nitro benzene ring substituents is 1. The molecule has 0 bridgehead atoms. The van der Waals surface area contributed by atoms with Gasteiger partial charge in [-0.2, -0.15) is 0 Å². The van der Waals surface area contributed by atoms with E-state index in [1.165, 1.54) is 24.3 Å². The zero-order valence-corrected chi connectivity index (χ0v) is 14.4. The Labute approximate surface area is 153 Å². The molecule has 0 N–H and O–H groups in total. The van der Waals surface area contributed by atoms with Gasteiger partial charge in [-0.3, -0.25) is 10.1 Å². The molecule has 0 radical (unpaired) electrons. The molecular formula is C18H13ClN2O5. The molecule has 132 valence electrons. The second-order valence-electron chi connectivity index (χ2n) is 5.44. The van der Waals surface area contributed by atoms with E-state index in [2.05, 4.69) is 5.16 Å². The number of aryl methyl sites for hydroxylation is 1. The number of ether oxygens (including phenoxy) is 1. The number of benzene rings is 2. The summed E-state index contributed by atoms with van der Waals surface area (Å²) in [5.74, 6) is -0.300. The van der Waals surface area contributed by atoms with Crippen LogP contribution in [-0.4, -0.2) is 16.0 Å². The first-order valence-electron chi connectivity index (χ1n) is 7.59. The van der Waals surface area contributed by atoms with E-state index in [9.17, 15) is 14.9 Å². The van der Waals surface area contributed by atoms with Crippen molar-refractivity contribution < 1.29 is 19.0 Å². The number of nitro benzene ring substituents is 1. The van der Waals surface area contributed by atoms with Crippen molar-refractivity contribution in [3.05, 3.63) is 80.6 Å². The largest absolute Gasteiger partial charge is 0.457 e. The van der Waals surface area contributed by atoms with Gasteiger partial charge in [0.2, 0.25) is 0 Å². The van der Waals surface area contributed by atoms with Crippen LogP contribution >= 0.6 is 11.6 Å². The normalized spacial score (nSPS) is 10.5. The summed E-state index contributed by atoms with van der Waals surface area (Å²) >= 11 is 6.17. The van der Waals surface area contributed by atoms with Gasteiger partial charge < -0.3 is 9.26 Å². The number of aromatic nitrogens is 1. The lowest BCUT2D eigenvalue weighted by Gasteiger charge is -2.06. The van der Waals surface area contributed by atoms with E-state index >= 15 is 0 Å². The fourth-order valence-electron chi connectivity index (χ4n) is 2.38. The summed E-state index contributed by atoms with van der Waals surface area (Å²) in [5.41, 5.74) is 1.66. The molecule has 3 rings (SSSR count). The van der Waals surface area contributed by atoms with E-state index in [1.807, 2.05) is 0 Å². The van der Waals surface area contributed by atoms with Crippen LogP contribution in [0.15, 0.2) is 53.1 Å². The Balaban J connectivity index is 1.79. The Morgan fingerprint density at radius 1 is 1.23 bits per heavy atom. The summed E-state index contributed by atoms with van der Waals surface area (Å²) in [6.07, 6.45) is 0. The highest BCUT2D eigenvalue weighted by molar-refractivity contribution is 6.33. The van der Waals surface area contributed by atoms with Crippen LogP contribution in [0.2, 0.25) is 5.02 Å². The Morgan fingerprint density at radius 3 is 2.58 bits per heavy atom. The minimum atomic E-state index is -0.614. The number of halogens is 1. The van der Waals surface area contributed by atoms with Gasteiger partial charge in [0.15, 0.2) is 0 Å². The molecular weight excluding hydrogens is 360 g/mol. The molecule has 1 aromatic heterocycles. The summed E-state index contributed by atoms with van der Waals surface area (Å²) in [5, 5.41) is 15.0. The van der Waals surface area contributed by atoms with Crippen molar-refractivity contribution in [2.45, 2.75) is 13.5 Å². The Kier molecular flexibility index (Phi) is 4.99. The topological polar surface area (TPSA) is 95.5 Å². The van der Waals surface area contributed by atoms with Gasteiger partial charge >= 0.3 is 5.97 Å². The number of nitrogens with zero attached hydrogens (tertiary/aromatic N) is 2. The van der Waals surface area contributed by atoms with Gasteiger partial charge in [-0.05, 0) is 30.7 Å². The van der Waals surface area contributed by atoms with E-state index < -0.39 is 10.9 Å². The van der Waals surface area contributed by atoms with Crippen molar-refractivity contribution in [2.75, 3.05) is 0 Å².